The van der Waals surface area contributed by atoms with Crippen LogP contribution in [-0.4, -0.2) is 23.4 Å². The maximum atomic E-state index is 12.8. The Labute approximate surface area is 146 Å². The first-order valence-electron chi connectivity index (χ1n) is 6.99. The Balaban J connectivity index is 1.89. The van der Waals surface area contributed by atoms with Crippen molar-refractivity contribution < 1.29 is 23.6 Å². The first-order chi connectivity index (χ1) is 11.8. The van der Waals surface area contributed by atoms with E-state index in [1.165, 1.54) is 36.4 Å². The van der Waals surface area contributed by atoms with Crippen molar-refractivity contribution in [3.8, 4) is 0 Å². The molecule has 2 aromatic carbocycles. The van der Waals surface area contributed by atoms with Gasteiger partial charge in [-0.25, -0.2) is 4.39 Å². The number of nitro groups is 1. The Bertz CT molecular complexity index is 811. The molecule has 0 unspecified atom stereocenters. The predicted octanol–water partition coefficient (Wildman–Crippen LogP) is 3.11. The highest BCUT2D eigenvalue weighted by Crippen LogP contribution is 2.27. The fraction of sp³-hybridized carbons (Fsp3) is 0.125. The van der Waals surface area contributed by atoms with Crippen LogP contribution in [0.5, 0.6) is 0 Å². The number of nitrogens with one attached hydrogen (secondary N) is 1. The highest BCUT2D eigenvalue weighted by molar-refractivity contribution is 6.31. The van der Waals surface area contributed by atoms with Crippen LogP contribution in [0.2, 0.25) is 5.02 Å². The highest BCUT2D eigenvalue weighted by Gasteiger charge is 2.17. The lowest BCUT2D eigenvalue weighted by atomic mass is 10.1. The summed E-state index contributed by atoms with van der Waals surface area (Å²) in [4.78, 5) is 33.7. The summed E-state index contributed by atoms with van der Waals surface area (Å²) in [5.74, 6) is -1.86. The van der Waals surface area contributed by atoms with Gasteiger partial charge in [-0.3, -0.25) is 19.7 Å². The molecule has 0 aromatic heterocycles. The third-order valence-corrected chi connectivity index (χ3v) is 3.29. The molecule has 0 saturated carbocycles. The number of rotatable bonds is 6. The van der Waals surface area contributed by atoms with Crippen molar-refractivity contribution in [1.82, 2.24) is 0 Å². The van der Waals surface area contributed by atoms with Gasteiger partial charge in [0.05, 0.1) is 11.3 Å². The van der Waals surface area contributed by atoms with Crippen LogP contribution in [-0.2, 0) is 20.7 Å². The van der Waals surface area contributed by atoms with Crippen molar-refractivity contribution in [2.24, 2.45) is 0 Å². The fourth-order valence-corrected chi connectivity index (χ4v) is 2.08. The second-order valence-electron chi connectivity index (χ2n) is 4.93. The number of halogens is 2. The molecule has 0 atom stereocenters. The Morgan fingerprint density at radius 1 is 1.20 bits per heavy atom. The van der Waals surface area contributed by atoms with E-state index in [1.807, 2.05) is 0 Å². The number of carbonyl (C=O) groups excluding carboxylic acids is 2. The lowest BCUT2D eigenvalue weighted by Crippen LogP contribution is -2.22. The van der Waals surface area contributed by atoms with Crippen LogP contribution < -0.4 is 5.32 Å². The third kappa shape index (κ3) is 5.54. The maximum absolute atomic E-state index is 12.8. The number of hydrogen-bond donors (Lipinski definition) is 1. The monoisotopic (exact) mass is 366 g/mol. The zero-order valence-corrected chi connectivity index (χ0v) is 13.5. The summed E-state index contributed by atoms with van der Waals surface area (Å²) in [6.07, 6.45) is -0.130. The zero-order chi connectivity index (χ0) is 18.4. The number of amides is 1. The summed E-state index contributed by atoms with van der Waals surface area (Å²) >= 11 is 5.68. The van der Waals surface area contributed by atoms with E-state index >= 15 is 0 Å². The molecule has 7 nitrogen and oxygen atoms in total. The minimum atomic E-state index is -0.738. The molecule has 0 radical (unpaired) electrons. The molecule has 2 aromatic rings. The van der Waals surface area contributed by atoms with Gasteiger partial charge >= 0.3 is 5.97 Å². The van der Waals surface area contributed by atoms with Gasteiger partial charge in [-0.1, -0.05) is 23.7 Å². The van der Waals surface area contributed by atoms with Crippen molar-refractivity contribution in [2.45, 2.75) is 6.42 Å². The standard InChI is InChI=1S/C16H12ClFN2O5/c17-11-3-6-13(14(8-11)20(23)24)19-15(21)9-25-16(22)7-10-1-4-12(18)5-2-10/h1-6,8H,7,9H2,(H,19,21). The Morgan fingerprint density at radius 3 is 2.52 bits per heavy atom. The van der Waals surface area contributed by atoms with Crippen LogP contribution in [0.25, 0.3) is 0 Å². The lowest BCUT2D eigenvalue weighted by Gasteiger charge is -2.07. The largest absolute Gasteiger partial charge is 0.455 e. The van der Waals surface area contributed by atoms with Gasteiger partial charge in [0.1, 0.15) is 11.5 Å². The van der Waals surface area contributed by atoms with E-state index in [1.54, 1.807) is 0 Å². The Kier molecular flexibility index (Phi) is 6.02. The van der Waals surface area contributed by atoms with Crippen molar-refractivity contribution in [3.63, 3.8) is 0 Å². The smallest absolute Gasteiger partial charge is 0.310 e. The number of ether oxygens (including phenoxy) is 1. The first kappa shape index (κ1) is 18.3. The summed E-state index contributed by atoms with van der Waals surface area (Å²) < 4.78 is 17.6. The van der Waals surface area contributed by atoms with Gasteiger partial charge in [-0.15, -0.1) is 0 Å². The highest BCUT2D eigenvalue weighted by atomic mass is 35.5. The quantitative estimate of drug-likeness (QED) is 0.481. The Hall–Kier alpha value is -3.00. The molecule has 0 aliphatic heterocycles. The average molecular weight is 367 g/mol. The van der Waals surface area contributed by atoms with Crippen molar-refractivity contribution in [3.05, 3.63) is 69.0 Å². The van der Waals surface area contributed by atoms with Crippen molar-refractivity contribution in [2.75, 3.05) is 11.9 Å². The van der Waals surface area contributed by atoms with Gasteiger partial charge in [-0.05, 0) is 29.8 Å². The van der Waals surface area contributed by atoms with Gasteiger partial charge in [-0.2, -0.15) is 0 Å². The summed E-state index contributed by atoms with van der Waals surface area (Å²) in [6.45, 7) is -0.611. The second-order valence-corrected chi connectivity index (χ2v) is 5.37. The van der Waals surface area contributed by atoms with E-state index in [2.05, 4.69) is 5.32 Å². The summed E-state index contributed by atoms with van der Waals surface area (Å²) in [6, 6.07) is 9.01. The number of nitro benzene ring substituents is 1. The third-order valence-electron chi connectivity index (χ3n) is 3.06. The van der Waals surface area contributed by atoms with Gasteiger partial charge in [0.15, 0.2) is 6.61 Å². The van der Waals surface area contributed by atoms with Crippen LogP contribution in [0, 0.1) is 15.9 Å². The molecule has 25 heavy (non-hydrogen) atoms. The first-order valence-corrected chi connectivity index (χ1v) is 7.37. The van der Waals surface area contributed by atoms with Gasteiger partial charge in [0, 0.05) is 11.1 Å². The minimum absolute atomic E-state index is 0.0611. The van der Waals surface area contributed by atoms with E-state index in [4.69, 9.17) is 16.3 Å². The SMILES string of the molecule is O=C(COC(=O)Cc1ccc(F)cc1)Nc1ccc(Cl)cc1[N+](=O)[O-]. The molecule has 0 heterocycles. The van der Waals surface area contributed by atoms with Crippen LogP contribution in [0.4, 0.5) is 15.8 Å². The van der Waals surface area contributed by atoms with Gasteiger partial charge < -0.3 is 10.1 Å². The molecule has 9 heteroatoms. The van der Waals surface area contributed by atoms with E-state index < -0.39 is 29.2 Å². The number of carbonyl (C=O) groups is 2. The molecule has 2 rings (SSSR count). The normalized spacial score (nSPS) is 10.2. The lowest BCUT2D eigenvalue weighted by molar-refractivity contribution is -0.383. The molecule has 0 aliphatic rings. The average Bonchev–Trinajstić information content (AvgIpc) is 2.56. The maximum Gasteiger partial charge on any atom is 0.310 e. The molecular formula is C16H12ClFN2O5. The molecule has 0 spiro atoms. The Morgan fingerprint density at radius 2 is 1.88 bits per heavy atom. The number of hydrogen-bond acceptors (Lipinski definition) is 5. The van der Waals surface area contributed by atoms with Gasteiger partial charge in [0.2, 0.25) is 0 Å². The number of benzene rings is 2. The molecular weight excluding hydrogens is 355 g/mol. The van der Waals surface area contributed by atoms with Crippen LogP contribution in [0.1, 0.15) is 5.56 Å². The van der Waals surface area contributed by atoms with E-state index in [0.29, 0.717) is 5.56 Å². The summed E-state index contributed by atoms with van der Waals surface area (Å²) in [5.41, 5.74) is 0.0904. The molecule has 1 amide bonds. The molecule has 1 N–H and O–H groups in total. The molecule has 130 valence electrons. The molecule has 0 bridgehead atoms. The number of nitrogens with zero attached hydrogens (tertiary/aromatic N) is 1. The van der Waals surface area contributed by atoms with Crippen LogP contribution in [0.15, 0.2) is 42.5 Å². The van der Waals surface area contributed by atoms with E-state index in [0.717, 1.165) is 6.07 Å². The van der Waals surface area contributed by atoms with E-state index in [-0.39, 0.29) is 22.8 Å². The van der Waals surface area contributed by atoms with Gasteiger partial charge in [0.25, 0.3) is 11.6 Å². The zero-order valence-electron chi connectivity index (χ0n) is 12.7. The fourth-order valence-electron chi connectivity index (χ4n) is 1.91. The van der Waals surface area contributed by atoms with Crippen molar-refractivity contribution >= 4 is 34.9 Å². The predicted molar refractivity (Wildman–Crippen MR) is 87.8 cm³/mol. The minimum Gasteiger partial charge on any atom is -0.455 e. The number of esters is 1. The molecule has 0 aliphatic carbocycles. The summed E-state index contributed by atoms with van der Waals surface area (Å²) in [5, 5.41) is 13.4. The second kappa shape index (κ2) is 8.20. The van der Waals surface area contributed by atoms with Crippen LogP contribution in [0.3, 0.4) is 0 Å². The van der Waals surface area contributed by atoms with E-state index in [9.17, 15) is 24.1 Å². The molecule has 0 saturated heterocycles. The van der Waals surface area contributed by atoms with Crippen molar-refractivity contribution in [1.29, 1.82) is 0 Å². The summed E-state index contributed by atoms with van der Waals surface area (Å²) in [7, 11) is 0. The van der Waals surface area contributed by atoms with Crippen LogP contribution >= 0.6 is 11.6 Å². The number of anilines is 1. The molecule has 0 fully saturated rings. The topological polar surface area (TPSA) is 98.5 Å².